The van der Waals surface area contributed by atoms with Crippen LogP contribution in [0.1, 0.15) is 17.8 Å². The Hall–Kier alpha value is -2.37. The zero-order valence-corrected chi connectivity index (χ0v) is 16.6. The standard InChI is InChI=1S/C20H19Cl2N3O2/c1-24(12-13-7-8-14(21)11-16(13)22)19(26)10-9-18-23-17-6-4-3-5-15(17)20(27)25(18)2/h3-8,11H,9-10,12H2,1-2H3. The van der Waals surface area contributed by atoms with Crippen LogP contribution in [0.5, 0.6) is 0 Å². The number of benzene rings is 2. The van der Waals surface area contributed by atoms with Crippen LogP contribution in [0.25, 0.3) is 10.9 Å². The van der Waals surface area contributed by atoms with Crippen molar-refractivity contribution in [2.24, 2.45) is 7.05 Å². The van der Waals surface area contributed by atoms with Gasteiger partial charge in [-0.1, -0.05) is 41.4 Å². The lowest BCUT2D eigenvalue weighted by atomic mass is 10.2. The minimum absolute atomic E-state index is 0.0524. The van der Waals surface area contributed by atoms with Gasteiger partial charge in [0.1, 0.15) is 5.82 Å². The van der Waals surface area contributed by atoms with E-state index in [-0.39, 0.29) is 17.9 Å². The van der Waals surface area contributed by atoms with Crippen LogP contribution >= 0.6 is 23.2 Å². The molecule has 0 N–H and O–H groups in total. The van der Waals surface area contributed by atoms with E-state index in [1.807, 2.05) is 18.2 Å². The van der Waals surface area contributed by atoms with E-state index in [9.17, 15) is 9.59 Å². The third kappa shape index (κ3) is 4.31. The molecule has 0 aliphatic heterocycles. The molecule has 5 nitrogen and oxygen atoms in total. The van der Waals surface area contributed by atoms with E-state index in [4.69, 9.17) is 23.2 Å². The van der Waals surface area contributed by atoms with Gasteiger partial charge in [0.15, 0.2) is 0 Å². The lowest BCUT2D eigenvalue weighted by molar-refractivity contribution is -0.130. The van der Waals surface area contributed by atoms with Gasteiger partial charge in [0.2, 0.25) is 5.91 Å². The lowest BCUT2D eigenvalue weighted by Gasteiger charge is -2.18. The zero-order chi connectivity index (χ0) is 19.6. The topological polar surface area (TPSA) is 55.2 Å². The van der Waals surface area contributed by atoms with Crippen molar-refractivity contribution in [1.82, 2.24) is 14.5 Å². The summed E-state index contributed by atoms with van der Waals surface area (Å²) in [6.07, 6.45) is 0.633. The summed E-state index contributed by atoms with van der Waals surface area (Å²) in [4.78, 5) is 31.1. The SMILES string of the molecule is CN(Cc1ccc(Cl)cc1Cl)C(=O)CCc1nc2ccccc2c(=O)n1C. The number of aromatic nitrogens is 2. The number of rotatable bonds is 5. The van der Waals surface area contributed by atoms with Crippen molar-refractivity contribution in [1.29, 1.82) is 0 Å². The van der Waals surface area contributed by atoms with Crippen LogP contribution in [0.4, 0.5) is 0 Å². The van der Waals surface area contributed by atoms with Gasteiger partial charge in [-0.05, 0) is 29.8 Å². The number of hydrogen-bond acceptors (Lipinski definition) is 3. The highest BCUT2D eigenvalue weighted by molar-refractivity contribution is 6.35. The lowest BCUT2D eigenvalue weighted by Crippen LogP contribution is -2.28. The normalized spacial score (nSPS) is 11.0. The first-order valence-corrected chi connectivity index (χ1v) is 9.25. The van der Waals surface area contributed by atoms with Crippen LogP contribution in [0.2, 0.25) is 10.0 Å². The van der Waals surface area contributed by atoms with E-state index in [2.05, 4.69) is 4.98 Å². The Morgan fingerprint density at radius 2 is 1.93 bits per heavy atom. The molecule has 0 spiro atoms. The summed E-state index contributed by atoms with van der Waals surface area (Å²) in [7, 11) is 3.40. The van der Waals surface area contributed by atoms with Crippen LogP contribution < -0.4 is 5.56 Å². The summed E-state index contributed by atoms with van der Waals surface area (Å²) in [6, 6.07) is 12.4. The van der Waals surface area contributed by atoms with Gasteiger partial charge in [0.25, 0.3) is 5.56 Å². The van der Waals surface area contributed by atoms with Crippen molar-refractivity contribution < 1.29 is 4.79 Å². The molecule has 1 heterocycles. The van der Waals surface area contributed by atoms with Crippen molar-refractivity contribution >= 4 is 40.0 Å². The van der Waals surface area contributed by atoms with Crippen molar-refractivity contribution in [3.05, 3.63) is 74.3 Å². The molecule has 3 aromatic rings. The fourth-order valence-corrected chi connectivity index (χ4v) is 3.36. The highest BCUT2D eigenvalue weighted by Crippen LogP contribution is 2.22. The molecule has 1 aromatic heterocycles. The first-order valence-electron chi connectivity index (χ1n) is 8.49. The number of aryl methyl sites for hydroxylation is 1. The van der Waals surface area contributed by atoms with Crippen LogP contribution in [-0.4, -0.2) is 27.4 Å². The van der Waals surface area contributed by atoms with Crippen molar-refractivity contribution in [2.75, 3.05) is 7.05 Å². The Kier molecular flexibility index (Phi) is 5.82. The van der Waals surface area contributed by atoms with Crippen molar-refractivity contribution in [2.45, 2.75) is 19.4 Å². The summed E-state index contributed by atoms with van der Waals surface area (Å²) >= 11 is 12.1. The molecule has 7 heteroatoms. The number of halogens is 2. The van der Waals surface area contributed by atoms with Gasteiger partial charge in [0, 0.05) is 43.5 Å². The largest absolute Gasteiger partial charge is 0.341 e. The van der Waals surface area contributed by atoms with Gasteiger partial charge in [0.05, 0.1) is 10.9 Å². The molecule has 0 saturated heterocycles. The van der Waals surface area contributed by atoms with E-state index >= 15 is 0 Å². The molecule has 0 fully saturated rings. The molecular weight excluding hydrogens is 385 g/mol. The summed E-state index contributed by atoms with van der Waals surface area (Å²) in [5.74, 6) is 0.536. The van der Waals surface area contributed by atoms with Gasteiger partial charge < -0.3 is 4.90 Å². The molecule has 0 radical (unpaired) electrons. The fourth-order valence-electron chi connectivity index (χ4n) is 2.89. The zero-order valence-electron chi connectivity index (χ0n) is 15.1. The molecule has 0 saturated carbocycles. The first-order chi connectivity index (χ1) is 12.9. The number of para-hydroxylation sites is 1. The Morgan fingerprint density at radius 3 is 2.67 bits per heavy atom. The van der Waals surface area contributed by atoms with Crippen LogP contribution in [0, 0.1) is 0 Å². The van der Waals surface area contributed by atoms with Crippen LogP contribution in [0.3, 0.4) is 0 Å². The van der Waals surface area contributed by atoms with Crippen molar-refractivity contribution in [3.63, 3.8) is 0 Å². The van der Waals surface area contributed by atoms with E-state index < -0.39 is 0 Å². The van der Waals surface area contributed by atoms with E-state index in [1.54, 1.807) is 43.3 Å². The summed E-state index contributed by atoms with van der Waals surface area (Å²) in [5, 5.41) is 1.66. The Balaban J connectivity index is 1.71. The second-order valence-corrected chi connectivity index (χ2v) is 7.24. The molecule has 1 amide bonds. The number of nitrogens with zero attached hydrogens (tertiary/aromatic N) is 3. The highest BCUT2D eigenvalue weighted by atomic mass is 35.5. The first kappa shape index (κ1) is 19.4. The number of carbonyl (C=O) groups excluding carboxylic acids is 1. The second-order valence-electron chi connectivity index (χ2n) is 6.39. The molecule has 0 bridgehead atoms. The Labute approximate surface area is 167 Å². The predicted octanol–water partition coefficient (Wildman–Crippen LogP) is 3.83. The minimum Gasteiger partial charge on any atom is -0.341 e. The van der Waals surface area contributed by atoms with Gasteiger partial charge in [-0.25, -0.2) is 4.98 Å². The van der Waals surface area contributed by atoms with E-state index in [0.29, 0.717) is 39.7 Å². The van der Waals surface area contributed by atoms with E-state index in [1.165, 1.54) is 4.57 Å². The predicted molar refractivity (Wildman–Crippen MR) is 108 cm³/mol. The third-order valence-corrected chi connectivity index (χ3v) is 5.07. The smallest absolute Gasteiger partial charge is 0.261 e. The molecular formula is C20H19Cl2N3O2. The number of amides is 1. The second kappa shape index (κ2) is 8.11. The Morgan fingerprint density at radius 1 is 1.19 bits per heavy atom. The molecule has 0 aliphatic carbocycles. The van der Waals surface area contributed by atoms with Crippen molar-refractivity contribution in [3.8, 4) is 0 Å². The van der Waals surface area contributed by atoms with Gasteiger partial charge in [-0.3, -0.25) is 14.2 Å². The maximum atomic E-state index is 12.5. The average Bonchev–Trinajstić information content (AvgIpc) is 2.65. The third-order valence-electron chi connectivity index (χ3n) is 4.49. The highest BCUT2D eigenvalue weighted by Gasteiger charge is 2.14. The average molecular weight is 404 g/mol. The molecule has 0 aliphatic rings. The molecule has 27 heavy (non-hydrogen) atoms. The molecule has 0 atom stereocenters. The Bertz CT molecular complexity index is 1060. The fraction of sp³-hybridized carbons (Fsp3) is 0.250. The summed E-state index contributed by atoms with van der Waals surface area (Å²) in [5.41, 5.74) is 1.36. The number of fused-ring (bicyclic) bond motifs is 1. The summed E-state index contributed by atoms with van der Waals surface area (Å²) in [6.45, 7) is 0.388. The van der Waals surface area contributed by atoms with Crippen LogP contribution in [-0.2, 0) is 24.8 Å². The maximum absolute atomic E-state index is 12.5. The van der Waals surface area contributed by atoms with Gasteiger partial charge >= 0.3 is 0 Å². The summed E-state index contributed by atoms with van der Waals surface area (Å²) < 4.78 is 1.51. The quantitative estimate of drug-likeness (QED) is 0.650. The minimum atomic E-state index is -0.107. The monoisotopic (exact) mass is 403 g/mol. The maximum Gasteiger partial charge on any atom is 0.261 e. The van der Waals surface area contributed by atoms with E-state index in [0.717, 1.165) is 5.56 Å². The van der Waals surface area contributed by atoms with Crippen LogP contribution in [0.15, 0.2) is 47.3 Å². The number of hydrogen-bond donors (Lipinski definition) is 0. The molecule has 140 valence electrons. The molecule has 2 aromatic carbocycles. The number of carbonyl (C=O) groups is 1. The molecule has 0 unspecified atom stereocenters. The van der Waals surface area contributed by atoms with Gasteiger partial charge in [-0.2, -0.15) is 0 Å². The molecule has 3 rings (SSSR count). The van der Waals surface area contributed by atoms with Gasteiger partial charge in [-0.15, -0.1) is 0 Å².